The molecule has 0 aliphatic carbocycles. The second-order valence-electron chi connectivity index (χ2n) is 10.1. The first-order chi connectivity index (χ1) is 19.1. The molecule has 2 aromatic rings. The molecule has 1 aromatic carbocycles. The summed E-state index contributed by atoms with van der Waals surface area (Å²) in [6.07, 6.45) is -1.32. The van der Waals surface area contributed by atoms with Crippen LogP contribution in [-0.4, -0.2) is 60.2 Å². The van der Waals surface area contributed by atoms with E-state index in [1.807, 2.05) is 13.0 Å². The lowest BCUT2D eigenvalue weighted by Crippen LogP contribution is -2.45. The molecule has 2 N–H and O–H groups in total. The molecule has 0 aliphatic heterocycles. The summed E-state index contributed by atoms with van der Waals surface area (Å²) in [7, 11) is -8.56. The van der Waals surface area contributed by atoms with Crippen LogP contribution in [0.25, 0.3) is 10.9 Å². The third kappa shape index (κ3) is 9.33. The van der Waals surface area contributed by atoms with Crippen LogP contribution in [0, 0.1) is 6.92 Å². The number of carbonyl (C=O) groups is 2. The van der Waals surface area contributed by atoms with Crippen LogP contribution in [0.1, 0.15) is 70.7 Å². The fourth-order valence-corrected chi connectivity index (χ4v) is 9.62. The second kappa shape index (κ2) is 14.7. The Morgan fingerprint density at radius 2 is 1.44 bits per heavy atom. The quantitative estimate of drug-likeness (QED) is 0.208. The fourth-order valence-electron chi connectivity index (χ4n) is 4.15. The molecule has 12 nitrogen and oxygen atoms in total. The van der Waals surface area contributed by atoms with Crippen LogP contribution in [0.4, 0.5) is 4.79 Å². The monoisotopic (exact) mass is 616 g/mol. The number of carbonyl (C=O) groups excluding carboxylic acids is 1. The number of alkyl carbamates (subject to hydrolysis) is 1. The van der Waals surface area contributed by atoms with Crippen LogP contribution >= 0.6 is 15.2 Å². The number of nitrogens with one attached hydrogen (secondary N) is 1. The van der Waals surface area contributed by atoms with Crippen LogP contribution in [0.2, 0.25) is 0 Å². The minimum atomic E-state index is -4.28. The van der Waals surface area contributed by atoms with Crippen LogP contribution in [-0.2, 0) is 43.2 Å². The van der Waals surface area contributed by atoms with Gasteiger partial charge in [0.1, 0.15) is 11.6 Å². The smallest absolute Gasteiger partial charge is 0.408 e. The maximum absolute atomic E-state index is 14.4. The predicted molar refractivity (Wildman–Crippen MR) is 155 cm³/mol. The molecule has 2 rings (SSSR count). The number of aryl methyl sites for hydroxylation is 1. The number of rotatable bonds is 15. The third-order valence-electron chi connectivity index (χ3n) is 5.59. The van der Waals surface area contributed by atoms with Gasteiger partial charge in [-0.15, -0.1) is 0 Å². The Morgan fingerprint density at radius 1 is 0.927 bits per heavy atom. The molecule has 0 bridgehead atoms. The molecular formula is C27H42N2O10P2. The first-order valence-corrected chi connectivity index (χ1v) is 16.7. The summed E-state index contributed by atoms with van der Waals surface area (Å²) >= 11 is 0. The number of nitrogens with zero attached hydrogens (tertiary/aromatic N) is 1. The first-order valence-electron chi connectivity index (χ1n) is 13.5. The van der Waals surface area contributed by atoms with E-state index in [-0.39, 0.29) is 44.1 Å². The molecular weight excluding hydrogens is 574 g/mol. The van der Waals surface area contributed by atoms with Gasteiger partial charge in [-0.05, 0) is 73.1 Å². The van der Waals surface area contributed by atoms with Crippen molar-refractivity contribution in [2.24, 2.45) is 0 Å². The van der Waals surface area contributed by atoms with Crippen LogP contribution in [0.15, 0.2) is 24.3 Å². The largest absolute Gasteiger partial charge is 0.480 e. The van der Waals surface area contributed by atoms with Crippen molar-refractivity contribution in [3.8, 4) is 0 Å². The van der Waals surface area contributed by atoms with Crippen LogP contribution in [0.5, 0.6) is 0 Å². The number of aromatic nitrogens is 1. The Bertz CT molecular complexity index is 1260. The molecule has 1 aromatic heterocycles. The van der Waals surface area contributed by atoms with Crippen molar-refractivity contribution in [3.05, 3.63) is 41.1 Å². The van der Waals surface area contributed by atoms with E-state index in [9.17, 15) is 23.8 Å². The molecule has 0 radical (unpaired) electrons. The SMILES string of the molecule is CCOP(=O)(OCC)C(c1cc2ccc(C)cc2nc1C[C@@H](NC(=O)OC(C)(C)C)C(=O)O)P(=O)(OCC)OCC. The summed E-state index contributed by atoms with van der Waals surface area (Å²) < 4.78 is 56.6. The molecule has 41 heavy (non-hydrogen) atoms. The van der Waals surface area contributed by atoms with Crippen molar-refractivity contribution in [1.29, 1.82) is 0 Å². The summed E-state index contributed by atoms with van der Waals surface area (Å²) in [5, 5.41) is 11.4. The number of carboxylic acid groups (broad SMARTS) is 1. The highest BCUT2D eigenvalue weighted by Gasteiger charge is 2.53. The summed E-state index contributed by atoms with van der Waals surface area (Å²) in [4.78, 5) is 29.5. The topological polar surface area (TPSA) is 160 Å². The van der Waals surface area contributed by atoms with Crippen LogP contribution in [0.3, 0.4) is 0 Å². The summed E-state index contributed by atoms with van der Waals surface area (Å²) in [5.41, 5.74) is 0.732. The number of hydrogen-bond acceptors (Lipinski definition) is 10. The zero-order valence-electron chi connectivity index (χ0n) is 25.0. The Hall–Kier alpha value is -2.33. The van der Waals surface area contributed by atoms with E-state index in [0.29, 0.717) is 10.9 Å². The Labute approximate surface area is 241 Å². The predicted octanol–water partition coefficient (Wildman–Crippen LogP) is 6.59. The number of aliphatic carboxylic acids is 1. The average Bonchev–Trinajstić information content (AvgIpc) is 2.83. The van der Waals surface area contributed by atoms with Crippen molar-refractivity contribution in [2.45, 2.75) is 78.9 Å². The van der Waals surface area contributed by atoms with E-state index in [4.69, 9.17) is 27.8 Å². The number of pyridine rings is 1. The van der Waals surface area contributed by atoms with E-state index in [2.05, 4.69) is 5.32 Å². The van der Waals surface area contributed by atoms with Gasteiger partial charge in [-0.3, -0.25) is 14.1 Å². The number of fused-ring (bicyclic) bond motifs is 1. The van der Waals surface area contributed by atoms with Gasteiger partial charge in [-0.1, -0.05) is 12.1 Å². The summed E-state index contributed by atoms with van der Waals surface area (Å²) in [6.45, 7) is 13.1. The van der Waals surface area contributed by atoms with Crippen molar-refractivity contribution in [1.82, 2.24) is 10.3 Å². The molecule has 0 spiro atoms. The number of carboxylic acids is 1. The number of ether oxygens (including phenoxy) is 1. The number of amides is 1. The number of hydrogen-bond donors (Lipinski definition) is 2. The van der Waals surface area contributed by atoms with Gasteiger partial charge in [0.05, 0.1) is 31.9 Å². The molecule has 0 fully saturated rings. The Balaban J connectivity index is 2.89. The molecule has 0 aliphatic rings. The molecule has 14 heteroatoms. The maximum atomic E-state index is 14.4. The van der Waals surface area contributed by atoms with Gasteiger partial charge in [0.2, 0.25) is 0 Å². The first kappa shape index (κ1) is 34.9. The van der Waals surface area contributed by atoms with Gasteiger partial charge in [-0.25, -0.2) is 9.59 Å². The minimum Gasteiger partial charge on any atom is -0.480 e. The van der Waals surface area contributed by atoms with E-state index in [0.717, 1.165) is 5.56 Å². The third-order valence-corrected chi connectivity index (χ3v) is 11.5. The number of benzene rings is 1. The standard InChI is InChI=1S/C27H42N2O10P2/c1-9-35-40(33,36-10-2)25(41(34,37-11-3)38-12-4)20-16-19-14-13-18(5)15-21(19)28-22(20)17-23(24(30)31)29-26(32)39-27(6,7)8/h13-16,23,25H,9-12,17H2,1-8H3,(H,29,32)(H,30,31)/t23-/m1/s1. The molecule has 0 unspecified atom stereocenters. The highest BCUT2D eigenvalue weighted by atomic mass is 31.2. The minimum absolute atomic E-state index is 0.0421. The Morgan fingerprint density at radius 3 is 1.88 bits per heavy atom. The average molecular weight is 617 g/mol. The Kier molecular flexibility index (Phi) is 12.5. The van der Waals surface area contributed by atoms with Crippen molar-refractivity contribution in [3.63, 3.8) is 0 Å². The summed E-state index contributed by atoms with van der Waals surface area (Å²) in [6, 6.07) is 5.54. The fraction of sp³-hybridized carbons (Fsp3) is 0.593. The van der Waals surface area contributed by atoms with Gasteiger partial charge in [0, 0.05) is 23.1 Å². The van der Waals surface area contributed by atoms with Crippen LogP contribution < -0.4 is 5.32 Å². The normalized spacial score (nSPS) is 13.4. The highest BCUT2D eigenvalue weighted by Crippen LogP contribution is 2.79. The lowest BCUT2D eigenvalue weighted by Gasteiger charge is -2.33. The van der Waals surface area contributed by atoms with Gasteiger partial charge < -0.3 is 33.3 Å². The van der Waals surface area contributed by atoms with Gasteiger partial charge in [0.25, 0.3) is 0 Å². The lowest BCUT2D eigenvalue weighted by molar-refractivity contribution is -0.139. The highest BCUT2D eigenvalue weighted by molar-refractivity contribution is 7.72. The van der Waals surface area contributed by atoms with E-state index >= 15 is 0 Å². The lowest BCUT2D eigenvalue weighted by atomic mass is 10.0. The van der Waals surface area contributed by atoms with E-state index < -0.39 is 44.3 Å². The van der Waals surface area contributed by atoms with E-state index in [1.165, 1.54) is 0 Å². The molecule has 1 atom stereocenters. The van der Waals surface area contributed by atoms with E-state index in [1.54, 1.807) is 66.7 Å². The second-order valence-corrected chi connectivity index (χ2v) is 14.7. The molecule has 1 amide bonds. The van der Waals surface area contributed by atoms with Crippen molar-refractivity contribution in [2.75, 3.05) is 26.4 Å². The molecule has 0 saturated heterocycles. The molecule has 0 saturated carbocycles. The zero-order chi connectivity index (χ0) is 31.0. The molecule has 230 valence electrons. The van der Waals surface area contributed by atoms with Crippen molar-refractivity contribution < 1.29 is 46.7 Å². The summed E-state index contributed by atoms with van der Waals surface area (Å²) in [5.74, 6) is -1.36. The van der Waals surface area contributed by atoms with Gasteiger partial charge >= 0.3 is 27.3 Å². The van der Waals surface area contributed by atoms with Crippen molar-refractivity contribution >= 4 is 38.2 Å². The zero-order valence-corrected chi connectivity index (χ0v) is 26.8. The van der Waals surface area contributed by atoms with Gasteiger partial charge in [0.15, 0.2) is 5.40 Å². The van der Waals surface area contributed by atoms with Gasteiger partial charge in [-0.2, -0.15) is 0 Å². The molecule has 1 heterocycles. The maximum Gasteiger partial charge on any atom is 0.408 e.